The van der Waals surface area contributed by atoms with Crippen LogP contribution in [0.1, 0.15) is 11.1 Å². The van der Waals surface area contributed by atoms with Crippen LogP contribution >= 0.6 is 0 Å². The summed E-state index contributed by atoms with van der Waals surface area (Å²) in [7, 11) is 0. The van der Waals surface area contributed by atoms with Gasteiger partial charge in [-0.1, -0.05) is 267 Å². The lowest BCUT2D eigenvalue weighted by Crippen LogP contribution is -1.95. The van der Waals surface area contributed by atoms with Gasteiger partial charge in [0.05, 0.1) is 0 Å². The first-order valence-corrected chi connectivity index (χ1v) is 29.4. The molecule has 0 spiro atoms. The largest absolute Gasteiger partial charge is 0.0622 e. The van der Waals surface area contributed by atoms with E-state index in [0.717, 1.165) is 44.5 Å². The van der Waals surface area contributed by atoms with Crippen LogP contribution in [0.15, 0.2) is 352 Å². The second kappa shape index (κ2) is 23.9. The Kier molecular flexibility index (Phi) is 14.7. The Hall–Kier alpha value is -10.9. The first-order valence-electron chi connectivity index (χ1n) is 29.4. The summed E-state index contributed by atoms with van der Waals surface area (Å²) in [5.74, 6) is 0. The molecule has 0 radical (unpaired) electrons. The van der Waals surface area contributed by atoms with E-state index in [0.29, 0.717) is 6.42 Å². The van der Waals surface area contributed by atoms with Gasteiger partial charge in [-0.3, -0.25) is 0 Å². The van der Waals surface area contributed by atoms with Gasteiger partial charge in [-0.25, -0.2) is 0 Å². The summed E-state index contributed by atoms with van der Waals surface area (Å²) in [4.78, 5) is 0. The Bertz CT molecular complexity index is 3770. The fourth-order valence-electron chi connectivity index (χ4n) is 12.0. The van der Waals surface area contributed by atoms with Crippen LogP contribution in [0.5, 0.6) is 0 Å². The van der Waals surface area contributed by atoms with E-state index in [1.807, 2.05) is 0 Å². The van der Waals surface area contributed by atoms with Crippen LogP contribution in [-0.2, 0) is 6.42 Å². The fraction of sp³-hybridized carbons (Fsp3) is 0.0118. The molecule has 0 bridgehead atoms. The molecular formula is C85H60. The quantitative estimate of drug-likeness (QED) is 0.102. The molecule has 0 aromatic heterocycles. The Morgan fingerprint density at radius 1 is 0.106 bits per heavy atom. The molecule has 14 rings (SSSR count). The standard InChI is InChI=1S/C85H60/c1-9-25-62(26-10-1)74-48-75(63-27-11-2-12-28-63)53-82(52-74)70-42-60(43-71(46-70)83-54-76(64-29-13-3-14-30-64)49-77(55-83)65-31-15-4-16-32-65)41-61-44-72(84-56-78(66-33-17-5-18-34-66)50-79(57-84)67-35-19-6-20-36-67)47-73(45-61)85-58-80(68-37-21-7-22-38-68)51-81(59-85)69-39-23-8-24-40-69/h1-40,42-59H,41H2. The van der Waals surface area contributed by atoms with Gasteiger partial charge >= 0.3 is 0 Å². The molecule has 0 amide bonds. The molecule has 14 aromatic carbocycles. The normalized spacial score (nSPS) is 11.1. The van der Waals surface area contributed by atoms with Crippen molar-refractivity contribution in [1.82, 2.24) is 0 Å². The SMILES string of the molecule is c1ccc(-c2cc(-c3ccccc3)cc(-c3cc(Cc4cc(-c5cc(-c6ccccc6)cc(-c6ccccc6)c5)cc(-c5cc(-c6ccccc6)cc(-c6ccccc6)c5)c4)cc(-c4cc(-c5ccccc5)cc(-c5ccccc5)c4)c3)c2)cc1. The highest BCUT2D eigenvalue weighted by molar-refractivity contribution is 5.89. The number of benzene rings is 14. The molecule has 0 heterocycles. The van der Waals surface area contributed by atoms with Crippen LogP contribution in [0.2, 0.25) is 0 Å². The zero-order valence-electron chi connectivity index (χ0n) is 47.2. The lowest BCUT2D eigenvalue weighted by Gasteiger charge is -2.18. The molecule has 0 unspecified atom stereocenters. The smallest absolute Gasteiger partial charge is 0.00249 e. The Balaban J connectivity index is 1.00. The first-order chi connectivity index (χ1) is 42.0. The van der Waals surface area contributed by atoms with E-state index in [1.165, 1.54) is 100 Å². The maximum atomic E-state index is 2.45. The molecule has 0 N–H and O–H groups in total. The van der Waals surface area contributed by atoms with E-state index in [-0.39, 0.29) is 0 Å². The van der Waals surface area contributed by atoms with Gasteiger partial charge in [0.25, 0.3) is 0 Å². The van der Waals surface area contributed by atoms with Crippen molar-refractivity contribution in [3.05, 3.63) is 363 Å². The molecule has 85 heavy (non-hydrogen) atoms. The predicted molar refractivity (Wildman–Crippen MR) is 361 cm³/mol. The molecule has 0 heteroatoms. The van der Waals surface area contributed by atoms with Crippen molar-refractivity contribution in [2.45, 2.75) is 6.42 Å². The average molecular weight is 1080 g/mol. The molecule has 0 saturated heterocycles. The van der Waals surface area contributed by atoms with Gasteiger partial charge in [0.15, 0.2) is 0 Å². The molecule has 0 fully saturated rings. The van der Waals surface area contributed by atoms with E-state index < -0.39 is 0 Å². The van der Waals surface area contributed by atoms with Gasteiger partial charge in [-0.2, -0.15) is 0 Å². The third-order valence-corrected chi connectivity index (χ3v) is 16.3. The van der Waals surface area contributed by atoms with E-state index >= 15 is 0 Å². The third kappa shape index (κ3) is 11.8. The zero-order valence-corrected chi connectivity index (χ0v) is 47.2. The van der Waals surface area contributed by atoms with Gasteiger partial charge in [0.2, 0.25) is 0 Å². The van der Waals surface area contributed by atoms with Crippen LogP contribution < -0.4 is 0 Å². The molecule has 0 saturated carbocycles. The molecule has 0 aliphatic rings. The van der Waals surface area contributed by atoms with E-state index in [2.05, 4.69) is 352 Å². The lowest BCUT2D eigenvalue weighted by atomic mass is 9.87. The Labute approximate surface area is 500 Å². The van der Waals surface area contributed by atoms with Crippen molar-refractivity contribution in [1.29, 1.82) is 0 Å². The summed E-state index contributed by atoms with van der Waals surface area (Å²) in [5.41, 5.74) is 30.7. The average Bonchev–Trinajstić information content (AvgIpc) is 3.78. The van der Waals surface area contributed by atoms with Crippen molar-refractivity contribution in [2.75, 3.05) is 0 Å². The van der Waals surface area contributed by atoms with E-state index in [9.17, 15) is 0 Å². The topological polar surface area (TPSA) is 0 Å². The van der Waals surface area contributed by atoms with Gasteiger partial charge in [0.1, 0.15) is 0 Å². The van der Waals surface area contributed by atoms with Crippen molar-refractivity contribution < 1.29 is 0 Å². The monoisotopic (exact) mass is 1080 g/mol. The maximum Gasteiger partial charge on any atom is -0.00249 e. The summed E-state index contributed by atoms with van der Waals surface area (Å²) in [6.07, 6.45) is 0.684. The number of hydrogen-bond donors (Lipinski definition) is 0. The minimum absolute atomic E-state index is 0.684. The Morgan fingerprint density at radius 2 is 0.212 bits per heavy atom. The van der Waals surface area contributed by atoms with Crippen molar-refractivity contribution in [2.24, 2.45) is 0 Å². The highest BCUT2D eigenvalue weighted by atomic mass is 14.2. The fourth-order valence-corrected chi connectivity index (χ4v) is 12.0. The molecular weight excluding hydrogens is 1020 g/mol. The molecule has 0 aliphatic carbocycles. The lowest BCUT2D eigenvalue weighted by molar-refractivity contribution is 1.20. The van der Waals surface area contributed by atoms with Crippen LogP contribution in [0.4, 0.5) is 0 Å². The van der Waals surface area contributed by atoms with Crippen molar-refractivity contribution in [3.63, 3.8) is 0 Å². The maximum absolute atomic E-state index is 2.45. The summed E-state index contributed by atoms with van der Waals surface area (Å²) in [6, 6.07) is 129. The van der Waals surface area contributed by atoms with Crippen LogP contribution in [0.25, 0.3) is 134 Å². The first kappa shape index (κ1) is 52.2. The zero-order chi connectivity index (χ0) is 56.7. The van der Waals surface area contributed by atoms with Crippen molar-refractivity contribution >= 4 is 0 Å². The van der Waals surface area contributed by atoms with Crippen LogP contribution in [0, 0.1) is 0 Å². The summed E-state index contributed by atoms with van der Waals surface area (Å²) in [5, 5.41) is 0. The van der Waals surface area contributed by atoms with Gasteiger partial charge in [-0.05, 0) is 236 Å². The van der Waals surface area contributed by atoms with Gasteiger partial charge < -0.3 is 0 Å². The number of rotatable bonds is 14. The molecule has 0 aliphatic heterocycles. The summed E-state index contributed by atoms with van der Waals surface area (Å²) < 4.78 is 0. The minimum Gasteiger partial charge on any atom is -0.0622 e. The van der Waals surface area contributed by atoms with Crippen LogP contribution in [0.3, 0.4) is 0 Å². The highest BCUT2D eigenvalue weighted by Gasteiger charge is 2.17. The van der Waals surface area contributed by atoms with Gasteiger partial charge in [-0.15, -0.1) is 0 Å². The van der Waals surface area contributed by atoms with Gasteiger partial charge in [0, 0.05) is 0 Å². The van der Waals surface area contributed by atoms with Crippen molar-refractivity contribution in [3.8, 4) is 134 Å². The predicted octanol–water partition coefficient (Wildman–Crippen LogP) is 23.3. The molecule has 400 valence electrons. The minimum atomic E-state index is 0.684. The summed E-state index contributed by atoms with van der Waals surface area (Å²) in [6.45, 7) is 0. The molecule has 14 aromatic rings. The summed E-state index contributed by atoms with van der Waals surface area (Å²) >= 11 is 0. The van der Waals surface area contributed by atoms with Crippen LogP contribution in [-0.4, -0.2) is 0 Å². The molecule has 0 nitrogen and oxygen atoms in total. The van der Waals surface area contributed by atoms with E-state index in [4.69, 9.17) is 0 Å². The van der Waals surface area contributed by atoms with E-state index in [1.54, 1.807) is 0 Å². The second-order valence-corrected chi connectivity index (χ2v) is 22.1. The Morgan fingerprint density at radius 3 is 0.341 bits per heavy atom. The molecule has 0 atom stereocenters. The highest BCUT2D eigenvalue weighted by Crippen LogP contribution is 2.42. The second-order valence-electron chi connectivity index (χ2n) is 22.1. The number of hydrogen-bond acceptors (Lipinski definition) is 0. The third-order valence-electron chi connectivity index (χ3n) is 16.3.